The Morgan fingerprint density at radius 3 is 2.48 bits per heavy atom. The lowest BCUT2D eigenvalue weighted by Crippen LogP contribution is -1.96. The van der Waals surface area contributed by atoms with Crippen LogP contribution in [0.15, 0.2) is 83.6 Å². The monoisotopic (exact) mass is 445 g/mol. The fourth-order valence-corrected chi connectivity index (χ4v) is 3.17. The molecule has 2 aromatic carbocycles. The molecule has 0 spiro atoms. The Balaban J connectivity index is 1.76. The van der Waals surface area contributed by atoms with Crippen molar-refractivity contribution in [1.29, 1.82) is 0 Å². The van der Waals surface area contributed by atoms with E-state index < -0.39 is 5.97 Å². The quantitative estimate of drug-likeness (QED) is 0.436. The number of rotatable bonds is 5. The molecule has 0 saturated heterocycles. The molecular weight excluding hydrogens is 430 g/mol. The number of carbonyl (C=O) groups is 1. The van der Waals surface area contributed by atoms with E-state index in [0.29, 0.717) is 5.69 Å². The van der Waals surface area contributed by atoms with Gasteiger partial charge in [0.25, 0.3) is 0 Å². The van der Waals surface area contributed by atoms with E-state index in [0.717, 1.165) is 27.0 Å². The molecule has 0 fully saturated rings. The second kappa shape index (κ2) is 8.24. The molecule has 142 valence electrons. The summed E-state index contributed by atoms with van der Waals surface area (Å²) < 4.78 is 2.83. The predicted octanol–water partition coefficient (Wildman–Crippen LogP) is 5.57. The first-order chi connectivity index (χ1) is 14.1. The second-order valence-electron chi connectivity index (χ2n) is 6.33. The van der Waals surface area contributed by atoms with Crippen molar-refractivity contribution < 1.29 is 9.90 Å². The van der Waals surface area contributed by atoms with Gasteiger partial charge in [-0.2, -0.15) is 5.10 Å². The number of carboxylic acid groups (broad SMARTS) is 1. The van der Waals surface area contributed by atoms with Gasteiger partial charge in [-0.3, -0.25) is 4.98 Å². The number of halogens is 1. The zero-order valence-corrected chi connectivity index (χ0v) is 16.8. The molecule has 2 heterocycles. The van der Waals surface area contributed by atoms with Gasteiger partial charge < -0.3 is 5.11 Å². The van der Waals surface area contributed by atoms with Crippen molar-refractivity contribution >= 4 is 34.1 Å². The van der Waals surface area contributed by atoms with Crippen LogP contribution < -0.4 is 0 Å². The van der Waals surface area contributed by atoms with Crippen LogP contribution in [0.2, 0.25) is 0 Å². The summed E-state index contributed by atoms with van der Waals surface area (Å²) in [5.41, 5.74) is 4.43. The number of aromatic carboxylic acids is 1. The summed E-state index contributed by atoms with van der Waals surface area (Å²) >= 11 is 3.46. The van der Waals surface area contributed by atoms with Crippen molar-refractivity contribution in [1.82, 2.24) is 14.8 Å². The maximum absolute atomic E-state index is 11.2. The average molecular weight is 446 g/mol. The molecule has 4 aromatic rings. The van der Waals surface area contributed by atoms with Gasteiger partial charge in [-0.25, -0.2) is 9.48 Å². The molecule has 6 heteroatoms. The molecule has 0 amide bonds. The summed E-state index contributed by atoms with van der Waals surface area (Å²) in [5.74, 6) is -0.977. The van der Waals surface area contributed by atoms with E-state index in [1.807, 2.05) is 71.6 Å². The van der Waals surface area contributed by atoms with Gasteiger partial charge >= 0.3 is 5.97 Å². The number of benzene rings is 2. The number of pyridine rings is 1. The summed E-state index contributed by atoms with van der Waals surface area (Å²) in [7, 11) is 0. The lowest BCUT2D eigenvalue weighted by atomic mass is 10.1. The Kier molecular flexibility index (Phi) is 5.35. The number of para-hydroxylation sites is 1. The van der Waals surface area contributed by atoms with Crippen LogP contribution in [0.5, 0.6) is 0 Å². The zero-order valence-electron chi connectivity index (χ0n) is 15.2. The highest BCUT2D eigenvalue weighted by atomic mass is 79.9. The van der Waals surface area contributed by atoms with Gasteiger partial charge in [0.2, 0.25) is 0 Å². The van der Waals surface area contributed by atoms with Crippen LogP contribution in [0, 0.1) is 0 Å². The molecule has 0 aliphatic heterocycles. The van der Waals surface area contributed by atoms with Crippen molar-refractivity contribution in [2.45, 2.75) is 0 Å². The molecule has 0 radical (unpaired) electrons. The van der Waals surface area contributed by atoms with Gasteiger partial charge in [0.05, 0.1) is 22.6 Å². The minimum absolute atomic E-state index is 0.202. The number of hydrogen-bond donors (Lipinski definition) is 1. The Hall–Kier alpha value is -3.51. The van der Waals surface area contributed by atoms with E-state index in [-0.39, 0.29) is 5.56 Å². The third kappa shape index (κ3) is 4.33. The molecule has 0 unspecified atom stereocenters. The first kappa shape index (κ1) is 18.8. The molecule has 29 heavy (non-hydrogen) atoms. The van der Waals surface area contributed by atoms with Crippen LogP contribution >= 0.6 is 15.9 Å². The fourth-order valence-electron chi connectivity index (χ4n) is 2.90. The summed E-state index contributed by atoms with van der Waals surface area (Å²) in [5, 5.41) is 13.9. The number of carboxylic acids is 1. The summed E-state index contributed by atoms with van der Waals surface area (Å²) in [6.07, 6.45) is 7.13. The molecule has 1 N–H and O–H groups in total. The molecule has 0 aliphatic rings. The van der Waals surface area contributed by atoms with E-state index >= 15 is 0 Å². The van der Waals surface area contributed by atoms with E-state index in [4.69, 9.17) is 5.10 Å². The van der Waals surface area contributed by atoms with Gasteiger partial charge in [-0.1, -0.05) is 46.3 Å². The minimum Gasteiger partial charge on any atom is -0.478 e. The third-order valence-corrected chi connectivity index (χ3v) is 4.87. The van der Waals surface area contributed by atoms with Crippen molar-refractivity contribution in [2.24, 2.45) is 0 Å². The molecule has 0 atom stereocenters. The first-order valence-corrected chi connectivity index (χ1v) is 9.68. The van der Waals surface area contributed by atoms with Crippen LogP contribution in [0.4, 0.5) is 0 Å². The SMILES string of the molecule is O=C(O)c1ccnc(/C=C/c2cn(-c3ccccc3)nc2-c2ccc(Br)cc2)c1. The number of aromatic nitrogens is 3. The van der Waals surface area contributed by atoms with E-state index in [1.54, 1.807) is 12.1 Å². The summed E-state index contributed by atoms with van der Waals surface area (Å²) in [6, 6.07) is 20.8. The molecule has 0 saturated carbocycles. The van der Waals surface area contributed by atoms with Crippen LogP contribution in [-0.2, 0) is 0 Å². The van der Waals surface area contributed by atoms with E-state index in [2.05, 4.69) is 20.9 Å². The van der Waals surface area contributed by atoms with E-state index in [9.17, 15) is 9.90 Å². The summed E-state index contributed by atoms with van der Waals surface area (Å²) in [4.78, 5) is 15.4. The fraction of sp³-hybridized carbons (Fsp3) is 0. The predicted molar refractivity (Wildman–Crippen MR) is 117 cm³/mol. The highest BCUT2D eigenvalue weighted by molar-refractivity contribution is 9.10. The van der Waals surface area contributed by atoms with E-state index in [1.165, 1.54) is 12.3 Å². The van der Waals surface area contributed by atoms with Crippen molar-refractivity contribution in [3.05, 3.63) is 100 Å². The van der Waals surface area contributed by atoms with Gasteiger partial charge in [-0.05, 0) is 48.6 Å². The Morgan fingerprint density at radius 1 is 1.00 bits per heavy atom. The lowest BCUT2D eigenvalue weighted by molar-refractivity contribution is 0.0696. The molecule has 0 bridgehead atoms. The number of hydrogen-bond acceptors (Lipinski definition) is 3. The molecule has 2 aromatic heterocycles. The Labute approximate surface area is 176 Å². The normalized spacial score (nSPS) is 11.1. The van der Waals surface area contributed by atoms with Gasteiger partial charge in [0, 0.05) is 28.0 Å². The summed E-state index contributed by atoms with van der Waals surface area (Å²) in [6.45, 7) is 0. The smallest absolute Gasteiger partial charge is 0.335 e. The molecule has 5 nitrogen and oxygen atoms in total. The lowest BCUT2D eigenvalue weighted by Gasteiger charge is -2.01. The van der Waals surface area contributed by atoms with Crippen molar-refractivity contribution in [2.75, 3.05) is 0 Å². The first-order valence-electron chi connectivity index (χ1n) is 8.88. The molecule has 0 aliphatic carbocycles. The highest BCUT2D eigenvalue weighted by Crippen LogP contribution is 2.26. The molecule has 4 rings (SSSR count). The van der Waals surface area contributed by atoms with Crippen LogP contribution in [0.3, 0.4) is 0 Å². The third-order valence-electron chi connectivity index (χ3n) is 4.34. The van der Waals surface area contributed by atoms with Crippen LogP contribution in [0.1, 0.15) is 21.6 Å². The standard InChI is InChI=1S/C23H16BrN3O2/c24-19-9-6-16(7-10-19)22-18(15-27(26-22)21-4-2-1-3-5-21)8-11-20-14-17(23(28)29)12-13-25-20/h1-15H,(H,28,29)/b11-8+. The maximum Gasteiger partial charge on any atom is 0.335 e. The Bertz CT molecular complexity index is 1180. The van der Waals surface area contributed by atoms with Crippen molar-refractivity contribution in [3.8, 4) is 16.9 Å². The topological polar surface area (TPSA) is 68.0 Å². The number of nitrogens with zero attached hydrogens (tertiary/aromatic N) is 3. The maximum atomic E-state index is 11.2. The second-order valence-corrected chi connectivity index (χ2v) is 7.24. The largest absolute Gasteiger partial charge is 0.478 e. The van der Waals surface area contributed by atoms with Gasteiger partial charge in [0.1, 0.15) is 0 Å². The van der Waals surface area contributed by atoms with Crippen LogP contribution in [-0.4, -0.2) is 25.8 Å². The minimum atomic E-state index is -0.977. The Morgan fingerprint density at radius 2 is 1.76 bits per heavy atom. The average Bonchev–Trinajstić information content (AvgIpc) is 3.18. The molecular formula is C23H16BrN3O2. The zero-order chi connectivity index (χ0) is 20.2. The van der Waals surface area contributed by atoms with Gasteiger partial charge in [-0.15, -0.1) is 0 Å². The highest BCUT2D eigenvalue weighted by Gasteiger charge is 2.11. The van der Waals surface area contributed by atoms with Gasteiger partial charge in [0.15, 0.2) is 0 Å². The van der Waals surface area contributed by atoms with Crippen LogP contribution in [0.25, 0.3) is 29.1 Å². The van der Waals surface area contributed by atoms with Crippen molar-refractivity contribution in [3.63, 3.8) is 0 Å².